The second-order valence-corrected chi connectivity index (χ2v) is 2.50. The monoisotopic (exact) mass is 152 g/mol. The first-order valence-corrected chi connectivity index (χ1v) is 3.36. The van der Waals surface area contributed by atoms with Gasteiger partial charge in [-0.2, -0.15) is 0 Å². The molecule has 1 saturated heterocycles. The second-order valence-electron chi connectivity index (χ2n) is 2.50. The average molecular weight is 152 g/mol. The molecule has 1 aliphatic heterocycles. The van der Waals surface area contributed by atoms with Gasteiger partial charge in [0.2, 0.25) is 0 Å². The fraction of sp³-hybridized carbons (Fsp3) is 0.714. The molecular formula is C7H9BO3. The van der Waals surface area contributed by atoms with Crippen LogP contribution in [-0.2, 0) is 4.74 Å². The van der Waals surface area contributed by atoms with Gasteiger partial charge in [0.05, 0.1) is 24.7 Å². The van der Waals surface area contributed by atoms with Crippen molar-refractivity contribution in [2.24, 2.45) is 5.92 Å². The molecule has 3 nitrogen and oxygen atoms in total. The zero-order valence-electron chi connectivity index (χ0n) is 5.97. The first-order valence-electron chi connectivity index (χ1n) is 3.36. The Hall–Kier alpha value is -0.495. The number of rotatable bonds is 1. The highest BCUT2D eigenvalue weighted by atomic mass is 16.5. The Bertz CT molecular complexity index is 177. The minimum atomic E-state index is -0.864. The summed E-state index contributed by atoms with van der Waals surface area (Å²) in [5, 5.41) is 18.0. The summed E-state index contributed by atoms with van der Waals surface area (Å²) < 4.78 is 4.96. The lowest BCUT2D eigenvalue weighted by Crippen LogP contribution is -2.27. The van der Waals surface area contributed by atoms with Crippen LogP contribution >= 0.6 is 0 Å². The third-order valence-corrected chi connectivity index (χ3v) is 1.81. The molecule has 58 valence electrons. The quantitative estimate of drug-likeness (QED) is 0.354. The maximum atomic E-state index is 9.26. The molecular weight excluding hydrogens is 143 g/mol. The molecule has 2 radical (unpaired) electrons. The van der Waals surface area contributed by atoms with Crippen molar-refractivity contribution in [3.63, 3.8) is 0 Å². The van der Waals surface area contributed by atoms with Crippen molar-refractivity contribution in [3.05, 3.63) is 0 Å². The number of ether oxygens (including phenoxy) is 1. The highest BCUT2D eigenvalue weighted by Gasteiger charge is 2.39. The molecule has 1 heterocycles. The molecule has 2 N–H and O–H groups in total. The van der Waals surface area contributed by atoms with E-state index in [2.05, 4.69) is 5.92 Å². The number of aliphatic hydroxyl groups is 2. The summed E-state index contributed by atoms with van der Waals surface area (Å²) in [5.74, 6) is 1.84. The van der Waals surface area contributed by atoms with Crippen LogP contribution in [0.2, 0.25) is 0 Å². The molecule has 4 heteroatoms. The van der Waals surface area contributed by atoms with Crippen LogP contribution in [-0.4, -0.2) is 42.9 Å². The van der Waals surface area contributed by atoms with Gasteiger partial charge in [0.1, 0.15) is 7.85 Å². The molecule has 0 bridgehead atoms. The van der Waals surface area contributed by atoms with Crippen LogP contribution in [0.5, 0.6) is 0 Å². The van der Waals surface area contributed by atoms with Crippen molar-refractivity contribution < 1.29 is 14.9 Å². The normalized spacial score (nSPS) is 43.7. The summed E-state index contributed by atoms with van der Waals surface area (Å²) >= 11 is 0. The number of aliphatic hydroxyl groups excluding tert-OH is 2. The SMILES string of the molecule is [B][C@@H]1O[C@H](CO)[C@@H](C#C)[C@H]1O. The summed E-state index contributed by atoms with van der Waals surface area (Å²) in [5.41, 5.74) is 0. The molecule has 0 aromatic heterocycles. The van der Waals surface area contributed by atoms with Gasteiger partial charge in [0.15, 0.2) is 0 Å². The van der Waals surface area contributed by atoms with Gasteiger partial charge in [0.25, 0.3) is 0 Å². The van der Waals surface area contributed by atoms with E-state index >= 15 is 0 Å². The van der Waals surface area contributed by atoms with Crippen LogP contribution in [0, 0.1) is 18.3 Å². The summed E-state index contributed by atoms with van der Waals surface area (Å²) in [6.45, 7) is -0.209. The summed E-state index contributed by atoms with van der Waals surface area (Å²) in [6.07, 6.45) is 3.71. The number of terminal acetylenes is 1. The van der Waals surface area contributed by atoms with Gasteiger partial charge in [0, 0.05) is 6.00 Å². The summed E-state index contributed by atoms with van der Waals surface area (Å²) in [7, 11) is 5.33. The molecule has 4 atom stereocenters. The maximum Gasteiger partial charge on any atom is 0.112 e. The number of hydrogen-bond acceptors (Lipinski definition) is 3. The highest BCUT2D eigenvalue weighted by molar-refractivity contribution is 6.11. The summed E-state index contributed by atoms with van der Waals surface area (Å²) in [4.78, 5) is 0. The molecule has 0 amide bonds. The Labute approximate surface area is 66.8 Å². The second kappa shape index (κ2) is 3.27. The lowest BCUT2D eigenvalue weighted by Gasteiger charge is -2.10. The van der Waals surface area contributed by atoms with Crippen molar-refractivity contribution in [1.29, 1.82) is 0 Å². The van der Waals surface area contributed by atoms with Crippen LogP contribution in [0.4, 0.5) is 0 Å². The Kier molecular flexibility index (Phi) is 2.55. The van der Waals surface area contributed by atoms with Gasteiger partial charge in [-0.3, -0.25) is 0 Å². The molecule has 0 unspecified atom stereocenters. The average Bonchev–Trinajstić information content (AvgIpc) is 2.28. The predicted molar refractivity (Wildman–Crippen MR) is 39.8 cm³/mol. The van der Waals surface area contributed by atoms with Gasteiger partial charge < -0.3 is 14.9 Å². The largest absolute Gasteiger partial charge is 0.394 e. The third kappa shape index (κ3) is 1.41. The third-order valence-electron chi connectivity index (χ3n) is 1.81. The Morgan fingerprint density at radius 2 is 2.27 bits per heavy atom. The van der Waals surface area contributed by atoms with Crippen molar-refractivity contribution in [2.75, 3.05) is 6.61 Å². The van der Waals surface area contributed by atoms with E-state index in [4.69, 9.17) is 24.1 Å². The molecule has 11 heavy (non-hydrogen) atoms. The molecule has 0 spiro atoms. The Morgan fingerprint density at radius 1 is 1.64 bits per heavy atom. The van der Waals surface area contributed by atoms with Crippen LogP contribution in [0.1, 0.15) is 0 Å². The van der Waals surface area contributed by atoms with E-state index in [1.165, 1.54) is 0 Å². The van der Waals surface area contributed by atoms with E-state index in [1.54, 1.807) is 0 Å². The smallest absolute Gasteiger partial charge is 0.112 e. The van der Waals surface area contributed by atoms with E-state index in [-0.39, 0.29) is 6.61 Å². The Morgan fingerprint density at radius 3 is 2.64 bits per heavy atom. The zero-order chi connectivity index (χ0) is 8.43. The Balaban J connectivity index is 2.66. The van der Waals surface area contributed by atoms with Crippen LogP contribution in [0.25, 0.3) is 0 Å². The fourth-order valence-corrected chi connectivity index (χ4v) is 1.15. The lowest BCUT2D eigenvalue weighted by molar-refractivity contribution is 0.0277. The summed E-state index contributed by atoms with van der Waals surface area (Å²) in [6, 6.07) is -0.770. The van der Waals surface area contributed by atoms with Crippen molar-refractivity contribution in [2.45, 2.75) is 18.2 Å². The van der Waals surface area contributed by atoms with Crippen molar-refractivity contribution in [1.82, 2.24) is 0 Å². The highest BCUT2D eigenvalue weighted by Crippen LogP contribution is 2.24. The molecule has 0 aromatic carbocycles. The lowest BCUT2D eigenvalue weighted by atomic mass is 9.88. The minimum Gasteiger partial charge on any atom is -0.394 e. The minimum absolute atomic E-state index is 0.209. The van der Waals surface area contributed by atoms with Crippen LogP contribution in [0.3, 0.4) is 0 Å². The molecule has 0 aromatic rings. The van der Waals surface area contributed by atoms with E-state index in [1.807, 2.05) is 0 Å². The van der Waals surface area contributed by atoms with Gasteiger partial charge >= 0.3 is 0 Å². The van der Waals surface area contributed by atoms with Crippen LogP contribution < -0.4 is 0 Å². The molecule has 1 aliphatic rings. The van der Waals surface area contributed by atoms with E-state index < -0.39 is 24.1 Å². The zero-order valence-corrected chi connectivity index (χ0v) is 5.97. The maximum absolute atomic E-state index is 9.26. The molecule has 1 rings (SSSR count). The van der Waals surface area contributed by atoms with Gasteiger partial charge in [-0.25, -0.2) is 0 Å². The van der Waals surface area contributed by atoms with Gasteiger partial charge in [-0.05, 0) is 0 Å². The van der Waals surface area contributed by atoms with Crippen LogP contribution in [0.15, 0.2) is 0 Å². The van der Waals surface area contributed by atoms with Crippen molar-refractivity contribution >= 4 is 7.85 Å². The predicted octanol–water partition coefficient (Wildman–Crippen LogP) is -1.52. The first kappa shape index (κ1) is 8.60. The number of hydrogen-bond donors (Lipinski definition) is 2. The molecule has 0 aliphatic carbocycles. The van der Waals surface area contributed by atoms with E-state index in [0.717, 1.165) is 0 Å². The first-order chi connectivity index (χ1) is 5.20. The van der Waals surface area contributed by atoms with Gasteiger partial charge in [-0.15, -0.1) is 6.42 Å². The van der Waals surface area contributed by atoms with Gasteiger partial charge in [-0.1, -0.05) is 5.92 Å². The topological polar surface area (TPSA) is 49.7 Å². The van der Waals surface area contributed by atoms with E-state index in [0.29, 0.717) is 0 Å². The van der Waals surface area contributed by atoms with E-state index in [9.17, 15) is 5.11 Å². The van der Waals surface area contributed by atoms with Crippen molar-refractivity contribution in [3.8, 4) is 12.3 Å². The standard InChI is InChI=1S/C7H9BO3/c1-2-4-5(3-9)11-7(8)6(4)10/h1,4-7,9-10H,3H2/t4-,5-,6-,7-/m1/s1. The fourth-order valence-electron chi connectivity index (χ4n) is 1.15. The molecule has 1 fully saturated rings. The molecule has 0 saturated carbocycles.